The van der Waals surface area contributed by atoms with E-state index in [1.54, 1.807) is 64.0 Å². The van der Waals surface area contributed by atoms with E-state index in [2.05, 4.69) is 73.4 Å². The van der Waals surface area contributed by atoms with Gasteiger partial charge >= 0.3 is 14.2 Å². The standard InChI is InChI=1S/C19H20BN5O3.C11H15N5O.C8H6BBrO2.C7H5BrO2.C3H8/c21-10-13-3-1-2-4-16(13)25-11-15(18(22)26)19(24-25)23-14-5-6-17-12(9-14)7-8-20(27)28-17;12-5-7-3-1-2-4-9(7)16-6-8(11(14)17)10(13)15-16;10-7-1-2-8-6(5-7)3-4-9(11)12-8;8-6-1-2-7(10)5(3-6)4-9;1-3-2/h5-9,11,13,16,27H,1-4H2,(H2,22,26)(H,23,24);6-7,9H,1-4H2,(H2,13,15)(H2,14,17);1-5,11H;1-4,10H;3H2,1-2H3/t13-,16?;7-,9?;;;/m11.../s1. The van der Waals surface area contributed by atoms with Crippen LogP contribution in [0, 0.1) is 34.5 Å². The van der Waals surface area contributed by atoms with E-state index in [9.17, 15) is 24.7 Å². The summed E-state index contributed by atoms with van der Waals surface area (Å²) in [5, 5.41) is 57.9. The number of nitriles is 2. The Balaban J connectivity index is 0.000000185. The lowest BCUT2D eigenvalue weighted by molar-refractivity contribution is 0.0992. The molecule has 2 fully saturated rings. The molecule has 364 valence electrons. The van der Waals surface area contributed by atoms with E-state index in [0.717, 1.165) is 71.4 Å². The number of nitrogens with one attached hydrogen (secondary N) is 1. The maximum Gasteiger partial charge on any atom is 0.552 e. The molecule has 18 nitrogen and oxygen atoms in total. The molecule has 10 N–H and O–H groups in total. The Morgan fingerprint density at radius 1 is 0.786 bits per heavy atom. The van der Waals surface area contributed by atoms with Crippen molar-refractivity contribution in [3.8, 4) is 29.4 Å². The summed E-state index contributed by atoms with van der Waals surface area (Å²) in [6, 6.07) is 20.3. The van der Waals surface area contributed by atoms with Crippen LogP contribution in [0.25, 0.3) is 12.2 Å². The monoisotopic (exact) mass is 1080 g/mol. The van der Waals surface area contributed by atoms with Crippen LogP contribution >= 0.6 is 31.9 Å². The van der Waals surface area contributed by atoms with Crippen molar-refractivity contribution < 1.29 is 38.8 Å². The van der Waals surface area contributed by atoms with Gasteiger partial charge in [0.25, 0.3) is 11.8 Å². The second-order valence-corrected chi connectivity index (χ2v) is 18.3. The predicted octanol–water partition coefficient (Wildman–Crippen LogP) is 8.48. The molecule has 2 aromatic heterocycles. The van der Waals surface area contributed by atoms with Crippen molar-refractivity contribution in [3.05, 3.63) is 116 Å². The highest BCUT2D eigenvalue weighted by Crippen LogP contribution is 2.36. The Hall–Kier alpha value is -6.84. The highest BCUT2D eigenvalue weighted by atomic mass is 79.9. The number of aromatic nitrogens is 4. The number of carbonyl (C=O) groups is 3. The van der Waals surface area contributed by atoms with Gasteiger partial charge in [0.2, 0.25) is 0 Å². The maximum atomic E-state index is 11.9. The number of halogens is 2. The summed E-state index contributed by atoms with van der Waals surface area (Å²) in [5.74, 6) is 3.58. The molecule has 2 aliphatic heterocycles. The highest BCUT2D eigenvalue weighted by Gasteiger charge is 2.30. The van der Waals surface area contributed by atoms with Crippen molar-refractivity contribution >= 4 is 93.7 Å². The van der Waals surface area contributed by atoms with Gasteiger partial charge in [-0.3, -0.25) is 23.7 Å². The number of fused-ring (bicyclic) bond motifs is 2. The van der Waals surface area contributed by atoms with Crippen molar-refractivity contribution in [2.24, 2.45) is 23.3 Å². The van der Waals surface area contributed by atoms with E-state index >= 15 is 0 Å². The molecule has 2 saturated carbocycles. The van der Waals surface area contributed by atoms with Gasteiger partial charge in [-0.1, -0.05) is 90.0 Å². The van der Waals surface area contributed by atoms with E-state index in [1.165, 1.54) is 12.5 Å². The minimum absolute atomic E-state index is 0.00384. The van der Waals surface area contributed by atoms with Gasteiger partial charge in [0.15, 0.2) is 17.9 Å². The van der Waals surface area contributed by atoms with Crippen LogP contribution in [-0.4, -0.2) is 67.1 Å². The van der Waals surface area contributed by atoms with Gasteiger partial charge in [0.1, 0.15) is 28.4 Å². The summed E-state index contributed by atoms with van der Waals surface area (Å²) in [6.07, 6.45) is 16.3. The number of aromatic hydroxyl groups is 1. The molecule has 4 aliphatic rings. The van der Waals surface area contributed by atoms with Crippen LogP contribution in [0.4, 0.5) is 17.3 Å². The fourth-order valence-electron chi connectivity index (χ4n) is 7.84. The molecule has 4 atom stereocenters. The van der Waals surface area contributed by atoms with Gasteiger partial charge in [-0.2, -0.15) is 20.7 Å². The number of nitrogen functional groups attached to an aromatic ring is 1. The molecule has 5 aromatic rings. The lowest BCUT2D eigenvalue weighted by atomic mass is 9.85. The zero-order valence-corrected chi connectivity index (χ0v) is 41.8. The van der Waals surface area contributed by atoms with Crippen LogP contribution in [0.2, 0.25) is 0 Å². The van der Waals surface area contributed by atoms with E-state index < -0.39 is 26.1 Å². The summed E-state index contributed by atoms with van der Waals surface area (Å²) in [4.78, 5) is 33.2. The molecule has 2 amide bonds. The maximum absolute atomic E-state index is 11.9. The normalized spacial score (nSPS) is 18.2. The molecule has 3 aromatic carbocycles. The van der Waals surface area contributed by atoms with Crippen molar-refractivity contribution in [3.63, 3.8) is 0 Å². The second kappa shape index (κ2) is 26.2. The largest absolute Gasteiger partial charge is 0.552 e. The first-order valence-corrected chi connectivity index (χ1v) is 24.2. The number of carbonyl (C=O) groups excluding carboxylic acids is 3. The number of aldehydes is 1. The van der Waals surface area contributed by atoms with Crippen molar-refractivity contribution in [1.82, 2.24) is 19.6 Å². The quantitative estimate of drug-likeness (QED) is 0.0594. The average Bonchev–Trinajstić information content (AvgIpc) is 3.97. The Morgan fingerprint density at radius 3 is 1.79 bits per heavy atom. The number of phenolic OH excluding ortho intramolecular Hbond substituents is 1. The fraction of sp³-hybridized carbons (Fsp3) is 0.312. The van der Waals surface area contributed by atoms with Gasteiger partial charge in [-0.05, 0) is 92.2 Å². The molecule has 0 saturated heterocycles. The van der Waals surface area contributed by atoms with E-state index in [4.69, 9.17) is 41.9 Å². The van der Waals surface area contributed by atoms with Gasteiger partial charge in [-0.15, -0.1) is 0 Å². The summed E-state index contributed by atoms with van der Waals surface area (Å²) in [5.41, 5.74) is 19.6. The first-order valence-electron chi connectivity index (χ1n) is 22.6. The van der Waals surface area contributed by atoms with Crippen molar-refractivity contribution in [2.45, 2.75) is 83.7 Å². The smallest absolute Gasteiger partial charge is 0.532 e. The topological polar surface area (TPSA) is 304 Å². The first-order chi connectivity index (χ1) is 33.6. The highest BCUT2D eigenvalue weighted by molar-refractivity contribution is 9.10. The fourth-order valence-corrected chi connectivity index (χ4v) is 8.60. The lowest BCUT2D eigenvalue weighted by Gasteiger charge is -2.26. The first kappa shape index (κ1) is 54.1. The summed E-state index contributed by atoms with van der Waals surface area (Å²) < 4.78 is 15.6. The number of phenols is 1. The Kier molecular flexibility index (Phi) is 20.3. The third-order valence-electron chi connectivity index (χ3n) is 11.2. The molecule has 22 heteroatoms. The minimum Gasteiger partial charge on any atom is -0.532 e. The predicted molar refractivity (Wildman–Crippen MR) is 275 cm³/mol. The number of hydrogen-bond acceptors (Lipinski definition) is 14. The molecule has 2 aliphatic carbocycles. The molecule has 0 spiro atoms. The molecule has 70 heavy (non-hydrogen) atoms. The number of primary amides is 2. The number of anilines is 3. The van der Waals surface area contributed by atoms with Crippen molar-refractivity contribution in [2.75, 3.05) is 11.1 Å². The molecule has 4 heterocycles. The van der Waals surface area contributed by atoms with E-state index in [0.29, 0.717) is 34.9 Å². The van der Waals surface area contributed by atoms with Crippen LogP contribution in [0.5, 0.6) is 17.2 Å². The Morgan fingerprint density at radius 2 is 1.27 bits per heavy atom. The SMILES string of the molecule is CCC.N#C[C@H]1CCCCC1n1cc(C(N)=O)c(N)n1.N#C[C@H]1CCCCC1n1cc(C(N)=O)c(Nc2ccc3c(c2)C=CB(O)O3)n1.O=Cc1cc(Br)ccc1O.OB1C=Cc2cc(Br)ccc2O1. The van der Waals surface area contributed by atoms with Crippen molar-refractivity contribution in [1.29, 1.82) is 10.5 Å². The molecular formula is C48H54B2Br2N10O8. The van der Waals surface area contributed by atoms with E-state index in [-0.39, 0.29) is 46.6 Å². The average molecular weight is 1080 g/mol. The minimum atomic E-state index is -0.952. The number of amides is 2. The Labute approximate surface area is 423 Å². The van der Waals surface area contributed by atoms with Crippen LogP contribution < -0.4 is 31.8 Å². The summed E-state index contributed by atoms with van der Waals surface area (Å²) >= 11 is 6.52. The summed E-state index contributed by atoms with van der Waals surface area (Å²) in [7, 11) is -1.76. The van der Waals surface area contributed by atoms with Gasteiger partial charge in [-0.25, -0.2) is 0 Å². The summed E-state index contributed by atoms with van der Waals surface area (Å²) in [6.45, 7) is 4.25. The zero-order valence-electron chi connectivity index (χ0n) is 38.6. The number of nitrogens with zero attached hydrogens (tertiary/aromatic N) is 6. The van der Waals surface area contributed by atoms with Crippen LogP contribution in [0.15, 0.2) is 87.9 Å². The molecule has 0 bridgehead atoms. The number of nitrogens with two attached hydrogens (primary N) is 3. The van der Waals surface area contributed by atoms with Gasteiger partial charge in [0.05, 0.1) is 41.6 Å². The number of benzene rings is 3. The van der Waals surface area contributed by atoms with Gasteiger partial charge < -0.3 is 47.0 Å². The van der Waals surface area contributed by atoms with E-state index in [1.807, 2.05) is 30.3 Å². The second-order valence-electron chi connectivity index (χ2n) is 16.5. The molecular weight excluding hydrogens is 1030 g/mol. The molecule has 0 radical (unpaired) electrons. The van der Waals surface area contributed by atoms with Gasteiger partial charge in [0, 0.05) is 38.2 Å². The van der Waals surface area contributed by atoms with Crippen LogP contribution in [0.1, 0.15) is 126 Å². The van der Waals surface area contributed by atoms with Crippen LogP contribution in [0.3, 0.4) is 0 Å². The zero-order chi connectivity index (χ0) is 50.9. The molecule has 9 rings (SSSR count). The third kappa shape index (κ3) is 14.8. The van der Waals surface area contributed by atoms with Crippen LogP contribution in [-0.2, 0) is 0 Å². The lowest BCUT2D eigenvalue weighted by Crippen LogP contribution is -2.22. The molecule has 2 unspecified atom stereocenters. The number of hydrogen-bond donors (Lipinski definition) is 7. The number of rotatable bonds is 7. The third-order valence-corrected chi connectivity index (χ3v) is 12.2. The Bertz CT molecular complexity index is 2770.